The molecule has 4 atom stereocenters. The van der Waals surface area contributed by atoms with Crippen molar-refractivity contribution >= 4 is 53.5 Å². The first-order chi connectivity index (χ1) is 35.9. The first-order valence-electron chi connectivity index (χ1n) is 24.6. The van der Waals surface area contributed by atoms with Crippen LogP contribution in [0.1, 0.15) is 120 Å². The molecule has 5 aromatic rings. The number of fused-ring (bicyclic) bond motifs is 2. The van der Waals surface area contributed by atoms with Crippen LogP contribution in [0.25, 0.3) is 0 Å². The summed E-state index contributed by atoms with van der Waals surface area (Å²) >= 11 is 0. The van der Waals surface area contributed by atoms with Crippen molar-refractivity contribution in [1.82, 2.24) is 0 Å². The third-order valence-corrected chi connectivity index (χ3v) is 12.8. The van der Waals surface area contributed by atoms with Crippen LogP contribution in [0.3, 0.4) is 0 Å². The van der Waals surface area contributed by atoms with Gasteiger partial charge in [-0.1, -0.05) is 42.5 Å². The highest BCUT2D eigenvalue weighted by molar-refractivity contribution is 5.86. The van der Waals surface area contributed by atoms with Gasteiger partial charge in [0.15, 0.2) is 46.0 Å². The minimum atomic E-state index is -0.573. The van der Waals surface area contributed by atoms with Gasteiger partial charge in [0.2, 0.25) is 0 Å². The minimum absolute atomic E-state index is 0.0887. The van der Waals surface area contributed by atoms with Crippen molar-refractivity contribution < 1.29 is 81.0 Å². The minimum Gasteiger partial charge on any atom is -0.423 e. The van der Waals surface area contributed by atoms with Crippen LogP contribution < -0.4 is 37.9 Å². The number of rotatable bonds is 15. The van der Waals surface area contributed by atoms with Crippen LogP contribution in [0.4, 0.5) is 0 Å². The van der Waals surface area contributed by atoms with Crippen molar-refractivity contribution in [2.24, 2.45) is 23.7 Å². The van der Waals surface area contributed by atoms with Crippen molar-refractivity contribution in [2.75, 3.05) is 0 Å². The lowest BCUT2D eigenvalue weighted by Crippen LogP contribution is -2.38. The SMILES string of the molecule is CC(=O)Oc1ccc(C(c2ccc(C)c(C)c2)c2ccc(OC(C)=O)c(OC(C)=O)c2)cc1OC(C)=O.CC(=O)Oc1ccc(CC2C(=O)C(Cc3ccc(OC(C)=O)c(OC(C)=O)c3)C3CCC2C3)cc1OC(C)=O. The molecule has 0 spiro atoms. The van der Waals surface area contributed by atoms with Crippen LogP contribution in [0.5, 0.6) is 46.0 Å². The van der Waals surface area contributed by atoms with Crippen molar-refractivity contribution in [1.29, 1.82) is 0 Å². The number of hydrogen-bond acceptors (Lipinski definition) is 17. The molecule has 2 fully saturated rings. The maximum Gasteiger partial charge on any atom is 0.308 e. The second-order valence-corrected chi connectivity index (χ2v) is 18.9. The average Bonchev–Trinajstić information content (AvgIpc) is 3.76. The molecule has 2 aliphatic carbocycles. The van der Waals surface area contributed by atoms with Gasteiger partial charge in [-0.15, -0.1) is 0 Å². The topological polar surface area (TPSA) is 227 Å². The lowest BCUT2D eigenvalue weighted by molar-refractivity contribution is -0.134. The standard InChI is InChI=1S/C30H32O9.C29H28O8/c1-16(31)36-26-9-5-20(13-28(26)38-18(3)33)11-24-22-7-8-23(15-22)25(30(24)35)12-21-6-10-27(37-17(2)32)29(14-21)39-19(4)34;1-16-7-8-22(13-17(16)2)29(23-9-11-25(34-18(3)30)27(14-23)36-20(5)32)24-10-12-26(35-19(4)31)28(15-24)37-21(6)33/h5-6,9-10,13-14,22-25H,7-8,11-12,15H2,1-4H3;7-15,29H,1-6H3. The summed E-state index contributed by atoms with van der Waals surface area (Å²) in [5, 5.41) is 0. The summed E-state index contributed by atoms with van der Waals surface area (Å²) in [5.41, 5.74) is 6.13. The summed E-state index contributed by atoms with van der Waals surface area (Å²) in [7, 11) is 0. The van der Waals surface area contributed by atoms with E-state index in [2.05, 4.69) is 0 Å². The predicted octanol–water partition coefficient (Wildman–Crippen LogP) is 9.59. The van der Waals surface area contributed by atoms with Crippen LogP contribution in [0.2, 0.25) is 0 Å². The highest BCUT2D eigenvalue weighted by atomic mass is 16.6. The van der Waals surface area contributed by atoms with E-state index in [9.17, 15) is 43.2 Å². The van der Waals surface area contributed by atoms with E-state index in [0.29, 0.717) is 24.0 Å². The monoisotopic (exact) mass is 1040 g/mol. The predicted molar refractivity (Wildman–Crippen MR) is 273 cm³/mol. The molecule has 2 bridgehead atoms. The highest BCUT2D eigenvalue weighted by Crippen LogP contribution is 2.49. The van der Waals surface area contributed by atoms with Crippen molar-refractivity contribution in [3.05, 3.63) is 130 Å². The van der Waals surface area contributed by atoms with Gasteiger partial charge in [-0.2, -0.15) is 0 Å². The Morgan fingerprint density at radius 1 is 0.382 bits per heavy atom. The average molecular weight is 1040 g/mol. The van der Waals surface area contributed by atoms with Crippen LogP contribution in [-0.4, -0.2) is 53.5 Å². The molecule has 0 aromatic heterocycles. The zero-order chi connectivity index (χ0) is 55.5. The smallest absolute Gasteiger partial charge is 0.308 e. The number of carbonyl (C=O) groups is 9. The number of Topliss-reactive ketones (excluding diaryl/α,β-unsaturated/α-hetero) is 1. The van der Waals surface area contributed by atoms with E-state index in [1.165, 1.54) is 55.4 Å². The molecule has 0 N–H and O–H groups in total. The largest absolute Gasteiger partial charge is 0.423 e. The number of aryl methyl sites for hydroxylation is 2. The first kappa shape index (κ1) is 56.8. The second-order valence-electron chi connectivity index (χ2n) is 18.9. The maximum atomic E-state index is 13.8. The molecular weight excluding hydrogens is 981 g/mol. The van der Waals surface area contributed by atoms with Crippen molar-refractivity contribution in [2.45, 2.75) is 107 Å². The van der Waals surface area contributed by atoms with Gasteiger partial charge < -0.3 is 37.9 Å². The number of ketones is 1. The summed E-state index contributed by atoms with van der Waals surface area (Å²) in [4.78, 5) is 107. The summed E-state index contributed by atoms with van der Waals surface area (Å²) < 4.78 is 42.0. The van der Waals surface area contributed by atoms with Gasteiger partial charge in [-0.25, -0.2) is 0 Å². The van der Waals surface area contributed by atoms with E-state index in [1.807, 2.05) is 32.0 Å². The fraction of sp³-hybridized carbons (Fsp3) is 0.339. The molecule has 2 aliphatic rings. The Bertz CT molecular complexity index is 2920. The second kappa shape index (κ2) is 25.2. The van der Waals surface area contributed by atoms with Gasteiger partial charge >= 0.3 is 47.8 Å². The Balaban J connectivity index is 0.000000247. The molecule has 0 amide bonds. The van der Waals surface area contributed by atoms with E-state index in [1.54, 1.807) is 72.8 Å². The van der Waals surface area contributed by atoms with Crippen LogP contribution >= 0.6 is 0 Å². The van der Waals surface area contributed by atoms with Crippen molar-refractivity contribution in [3.8, 4) is 46.0 Å². The molecule has 0 heterocycles. The number of esters is 8. The normalized spacial score (nSPS) is 16.3. The van der Waals surface area contributed by atoms with E-state index in [4.69, 9.17) is 37.9 Å². The van der Waals surface area contributed by atoms with Gasteiger partial charge in [-0.05, 0) is 145 Å². The fourth-order valence-electron chi connectivity index (χ4n) is 9.75. The molecule has 2 saturated carbocycles. The van der Waals surface area contributed by atoms with Crippen LogP contribution in [0.15, 0.2) is 91.0 Å². The third kappa shape index (κ3) is 15.3. The number of benzene rings is 5. The first-order valence-corrected chi connectivity index (χ1v) is 24.6. The Kier molecular flexibility index (Phi) is 18.8. The molecule has 4 unspecified atom stereocenters. The van der Waals surface area contributed by atoms with Gasteiger partial charge in [0.25, 0.3) is 0 Å². The quantitative estimate of drug-likeness (QED) is 0.0540. The summed E-state index contributed by atoms with van der Waals surface area (Å²) in [6, 6.07) is 26.0. The van der Waals surface area contributed by atoms with E-state index >= 15 is 0 Å². The Hall–Kier alpha value is -8.47. The van der Waals surface area contributed by atoms with E-state index in [-0.39, 0.29) is 75.5 Å². The van der Waals surface area contributed by atoms with Crippen LogP contribution in [-0.2, 0) is 56.0 Å². The van der Waals surface area contributed by atoms with Crippen molar-refractivity contribution in [3.63, 3.8) is 0 Å². The van der Waals surface area contributed by atoms with E-state index in [0.717, 1.165) is 47.1 Å². The highest BCUT2D eigenvalue weighted by Gasteiger charge is 2.47. The van der Waals surface area contributed by atoms with Gasteiger partial charge in [0.1, 0.15) is 5.78 Å². The molecule has 17 heteroatoms. The summed E-state index contributed by atoms with van der Waals surface area (Å²) in [5.74, 6) is -3.52. The van der Waals surface area contributed by atoms with Gasteiger partial charge in [0, 0.05) is 73.1 Å². The molecule has 0 radical (unpaired) electrons. The lowest BCUT2D eigenvalue weighted by Gasteiger charge is -2.34. The third-order valence-electron chi connectivity index (χ3n) is 12.8. The number of carbonyl (C=O) groups excluding carboxylic acids is 9. The summed E-state index contributed by atoms with van der Waals surface area (Å²) in [6.07, 6.45) is 3.83. The molecule has 398 valence electrons. The zero-order valence-electron chi connectivity index (χ0n) is 44.0. The molecule has 7 rings (SSSR count). The number of hydrogen-bond donors (Lipinski definition) is 0. The fourth-order valence-corrected chi connectivity index (χ4v) is 9.75. The maximum absolute atomic E-state index is 13.8. The molecular formula is C59H60O17. The Morgan fingerprint density at radius 3 is 1.00 bits per heavy atom. The molecule has 76 heavy (non-hydrogen) atoms. The lowest BCUT2D eigenvalue weighted by atomic mass is 9.68. The Morgan fingerprint density at radius 2 is 0.671 bits per heavy atom. The molecule has 0 saturated heterocycles. The molecule has 5 aromatic carbocycles. The van der Waals surface area contributed by atoms with Gasteiger partial charge in [-0.3, -0.25) is 43.2 Å². The molecule has 0 aliphatic heterocycles. The molecule has 17 nitrogen and oxygen atoms in total. The number of ether oxygens (including phenoxy) is 8. The zero-order valence-corrected chi connectivity index (χ0v) is 44.0. The van der Waals surface area contributed by atoms with E-state index < -0.39 is 53.7 Å². The van der Waals surface area contributed by atoms with Crippen LogP contribution in [0, 0.1) is 37.5 Å². The Labute approximate surface area is 440 Å². The van der Waals surface area contributed by atoms with Gasteiger partial charge in [0.05, 0.1) is 0 Å². The summed E-state index contributed by atoms with van der Waals surface area (Å²) in [6.45, 7) is 14.1.